The maximum Gasteiger partial charge on any atom is 0.233 e. The molecule has 0 bridgehead atoms. The van der Waals surface area contributed by atoms with Gasteiger partial charge in [-0.15, -0.1) is 0 Å². The molecule has 0 spiro atoms. The highest BCUT2D eigenvalue weighted by atomic mass is 32.1. The quantitative estimate of drug-likeness (QED) is 0.498. The second kappa shape index (κ2) is 8.16. The zero-order chi connectivity index (χ0) is 11.0. The highest BCUT2D eigenvalue weighted by Gasteiger charge is 2.16. The van der Waals surface area contributed by atoms with Crippen molar-refractivity contribution in [2.45, 2.75) is 51.7 Å². The molecule has 3 heteroatoms. The first-order valence-electron chi connectivity index (χ1n) is 5.55. The van der Waals surface area contributed by atoms with Gasteiger partial charge < -0.3 is 5.32 Å². The molecule has 0 fully saturated rings. The smallest absolute Gasteiger partial charge is 0.233 e. The summed E-state index contributed by atoms with van der Waals surface area (Å²) in [4.78, 5) is 11.4. The lowest BCUT2D eigenvalue weighted by Gasteiger charge is -2.14. The average Bonchev–Trinajstić information content (AvgIpc) is 2.16. The minimum atomic E-state index is -0.166. The maximum atomic E-state index is 11.4. The van der Waals surface area contributed by atoms with Gasteiger partial charge in [-0.25, -0.2) is 0 Å². The number of nitrogens with one attached hydrogen (secondary N) is 1. The first kappa shape index (κ1) is 13.8. The van der Waals surface area contributed by atoms with Crippen LogP contribution >= 0.6 is 12.6 Å². The van der Waals surface area contributed by atoms with Gasteiger partial charge in [-0.1, -0.05) is 40.0 Å². The van der Waals surface area contributed by atoms with Crippen LogP contribution in [0.2, 0.25) is 0 Å². The van der Waals surface area contributed by atoms with Crippen molar-refractivity contribution in [2.75, 3.05) is 6.54 Å². The normalized spacial score (nSPS) is 12.9. The molecule has 2 nitrogen and oxygen atoms in total. The summed E-state index contributed by atoms with van der Waals surface area (Å²) in [6, 6.07) is 0. The monoisotopic (exact) mass is 217 g/mol. The van der Waals surface area contributed by atoms with Crippen molar-refractivity contribution in [1.82, 2.24) is 5.32 Å². The van der Waals surface area contributed by atoms with Crippen LogP contribution in [0.4, 0.5) is 0 Å². The highest BCUT2D eigenvalue weighted by Crippen LogP contribution is 2.08. The summed E-state index contributed by atoms with van der Waals surface area (Å²) in [5, 5.41) is 2.74. The van der Waals surface area contributed by atoms with Crippen molar-refractivity contribution in [3.05, 3.63) is 0 Å². The van der Waals surface area contributed by atoms with Gasteiger partial charge in [0.25, 0.3) is 0 Å². The zero-order valence-corrected chi connectivity index (χ0v) is 10.4. The molecule has 14 heavy (non-hydrogen) atoms. The number of hydrogen-bond acceptors (Lipinski definition) is 2. The van der Waals surface area contributed by atoms with Gasteiger partial charge in [-0.3, -0.25) is 4.79 Å². The molecular weight excluding hydrogens is 194 g/mol. The van der Waals surface area contributed by atoms with E-state index in [1.165, 1.54) is 19.3 Å². The van der Waals surface area contributed by atoms with Gasteiger partial charge >= 0.3 is 0 Å². The largest absolute Gasteiger partial charge is 0.355 e. The van der Waals surface area contributed by atoms with Crippen molar-refractivity contribution in [1.29, 1.82) is 0 Å². The molecule has 0 aromatic heterocycles. The lowest BCUT2D eigenvalue weighted by molar-refractivity contribution is -0.121. The van der Waals surface area contributed by atoms with Crippen LogP contribution in [-0.2, 0) is 4.79 Å². The Morgan fingerprint density at radius 2 is 1.93 bits per heavy atom. The molecule has 0 aliphatic rings. The summed E-state index contributed by atoms with van der Waals surface area (Å²) in [6.07, 6.45) is 4.77. The number of thiol groups is 1. The number of unbranched alkanes of at least 4 members (excludes halogenated alkanes) is 3. The molecule has 0 aliphatic heterocycles. The molecule has 0 radical (unpaired) electrons. The van der Waals surface area contributed by atoms with Gasteiger partial charge in [-0.2, -0.15) is 12.6 Å². The van der Waals surface area contributed by atoms with Crippen LogP contribution in [0, 0.1) is 5.92 Å². The third-order valence-electron chi connectivity index (χ3n) is 2.23. The van der Waals surface area contributed by atoms with E-state index in [4.69, 9.17) is 0 Å². The minimum absolute atomic E-state index is 0.0693. The minimum Gasteiger partial charge on any atom is -0.355 e. The van der Waals surface area contributed by atoms with Crippen LogP contribution in [0.5, 0.6) is 0 Å². The Kier molecular flexibility index (Phi) is 8.05. The van der Waals surface area contributed by atoms with Gasteiger partial charge in [0.15, 0.2) is 0 Å². The van der Waals surface area contributed by atoms with Crippen LogP contribution < -0.4 is 5.32 Å². The molecule has 84 valence electrons. The first-order chi connectivity index (χ1) is 6.59. The van der Waals surface area contributed by atoms with Crippen LogP contribution in [0.1, 0.15) is 46.5 Å². The Morgan fingerprint density at radius 3 is 2.43 bits per heavy atom. The summed E-state index contributed by atoms with van der Waals surface area (Å²) in [6.45, 7) is 6.99. The summed E-state index contributed by atoms with van der Waals surface area (Å²) in [7, 11) is 0. The molecule has 0 saturated heterocycles. The molecule has 0 rings (SSSR count). The number of rotatable bonds is 7. The SMILES string of the molecule is CCCCCCNC(=O)C(S)C(C)C. The topological polar surface area (TPSA) is 29.1 Å². The molecule has 0 saturated carbocycles. The lowest BCUT2D eigenvalue weighted by Crippen LogP contribution is -2.34. The molecular formula is C11H23NOS. The molecule has 0 heterocycles. The molecule has 0 aliphatic carbocycles. The highest BCUT2D eigenvalue weighted by molar-refractivity contribution is 7.81. The van der Waals surface area contributed by atoms with E-state index < -0.39 is 0 Å². The van der Waals surface area contributed by atoms with E-state index in [2.05, 4.69) is 24.9 Å². The number of carbonyl (C=O) groups is 1. The van der Waals surface area contributed by atoms with Gasteiger partial charge in [0.1, 0.15) is 0 Å². The van der Waals surface area contributed by atoms with Crippen molar-refractivity contribution in [3.63, 3.8) is 0 Å². The van der Waals surface area contributed by atoms with Crippen LogP contribution in [0.3, 0.4) is 0 Å². The second-order valence-corrected chi connectivity index (χ2v) is 4.60. The van der Waals surface area contributed by atoms with Crippen molar-refractivity contribution >= 4 is 18.5 Å². The van der Waals surface area contributed by atoms with Gasteiger partial charge in [0, 0.05) is 6.54 Å². The van der Waals surface area contributed by atoms with E-state index in [1.54, 1.807) is 0 Å². The summed E-state index contributed by atoms with van der Waals surface area (Å²) >= 11 is 4.25. The number of carbonyl (C=O) groups excluding carboxylic acids is 1. The Hall–Kier alpha value is -0.180. The Morgan fingerprint density at radius 1 is 1.29 bits per heavy atom. The fraction of sp³-hybridized carbons (Fsp3) is 0.909. The molecule has 0 aromatic rings. The maximum absolute atomic E-state index is 11.4. The van der Waals surface area contributed by atoms with Crippen molar-refractivity contribution in [2.24, 2.45) is 5.92 Å². The van der Waals surface area contributed by atoms with E-state index in [0.29, 0.717) is 5.92 Å². The van der Waals surface area contributed by atoms with E-state index in [0.717, 1.165) is 13.0 Å². The molecule has 1 unspecified atom stereocenters. The molecule has 1 amide bonds. The van der Waals surface area contributed by atoms with Gasteiger partial charge in [0.2, 0.25) is 5.91 Å². The molecule has 1 N–H and O–H groups in total. The van der Waals surface area contributed by atoms with E-state index in [9.17, 15) is 4.79 Å². The van der Waals surface area contributed by atoms with Crippen LogP contribution in [0.15, 0.2) is 0 Å². The predicted octanol–water partition coefficient (Wildman–Crippen LogP) is 2.64. The average molecular weight is 217 g/mol. The second-order valence-electron chi connectivity index (χ2n) is 4.04. The van der Waals surface area contributed by atoms with E-state index in [1.807, 2.05) is 13.8 Å². The lowest BCUT2D eigenvalue weighted by atomic mass is 10.1. The Bertz CT molecular complexity index is 159. The molecule has 0 aromatic carbocycles. The third-order valence-corrected chi connectivity index (χ3v) is 3.06. The standard InChI is InChI=1S/C11H23NOS/c1-4-5-6-7-8-12-11(13)10(14)9(2)3/h9-10,14H,4-8H2,1-3H3,(H,12,13). The first-order valence-corrected chi connectivity index (χ1v) is 6.07. The number of amides is 1. The molecule has 1 atom stereocenters. The summed E-state index contributed by atoms with van der Waals surface area (Å²) in [5.74, 6) is 0.369. The van der Waals surface area contributed by atoms with Crippen LogP contribution in [-0.4, -0.2) is 17.7 Å². The van der Waals surface area contributed by atoms with E-state index >= 15 is 0 Å². The zero-order valence-electron chi connectivity index (χ0n) is 9.55. The fourth-order valence-electron chi connectivity index (χ4n) is 1.17. The van der Waals surface area contributed by atoms with E-state index in [-0.39, 0.29) is 11.2 Å². The Balaban J connectivity index is 3.44. The Labute approximate surface area is 93.3 Å². The number of hydrogen-bond donors (Lipinski definition) is 2. The van der Waals surface area contributed by atoms with Crippen molar-refractivity contribution < 1.29 is 4.79 Å². The van der Waals surface area contributed by atoms with Gasteiger partial charge in [0.05, 0.1) is 5.25 Å². The fourth-order valence-corrected chi connectivity index (χ4v) is 1.26. The summed E-state index contributed by atoms with van der Waals surface area (Å²) < 4.78 is 0. The summed E-state index contributed by atoms with van der Waals surface area (Å²) in [5.41, 5.74) is 0. The predicted molar refractivity (Wildman–Crippen MR) is 64.8 cm³/mol. The van der Waals surface area contributed by atoms with Crippen molar-refractivity contribution in [3.8, 4) is 0 Å². The third kappa shape index (κ3) is 6.30. The van der Waals surface area contributed by atoms with Crippen LogP contribution in [0.25, 0.3) is 0 Å². The van der Waals surface area contributed by atoms with Gasteiger partial charge in [-0.05, 0) is 12.3 Å².